The standard InChI is InChI=1S/C12H17F2NO2S/c1-2-3-4-17-5-6-18(16)12-10(13)7-9(15)8-11(12)14/h7-8H,2-6,15H2,1H3. The first-order valence-corrected chi connectivity index (χ1v) is 7.08. The molecule has 1 rings (SSSR count). The number of nitrogen functional groups attached to an aromatic ring is 1. The third-order valence-corrected chi connectivity index (χ3v) is 3.69. The zero-order chi connectivity index (χ0) is 13.5. The first-order chi connectivity index (χ1) is 8.56. The van der Waals surface area contributed by atoms with Crippen molar-refractivity contribution in [1.29, 1.82) is 0 Å². The molecule has 1 aromatic carbocycles. The van der Waals surface area contributed by atoms with E-state index in [1.807, 2.05) is 6.92 Å². The lowest BCUT2D eigenvalue weighted by atomic mass is 10.3. The van der Waals surface area contributed by atoms with Crippen LogP contribution in [0.15, 0.2) is 17.0 Å². The molecule has 0 radical (unpaired) electrons. The minimum absolute atomic E-state index is 0.0232. The van der Waals surface area contributed by atoms with Crippen molar-refractivity contribution in [3.63, 3.8) is 0 Å². The van der Waals surface area contributed by atoms with Gasteiger partial charge in [0.15, 0.2) is 0 Å². The molecule has 3 nitrogen and oxygen atoms in total. The summed E-state index contributed by atoms with van der Waals surface area (Å²) in [6.45, 7) is 2.82. The number of hydrogen-bond donors (Lipinski definition) is 1. The molecular formula is C12H17F2NO2S. The Morgan fingerprint density at radius 1 is 1.28 bits per heavy atom. The number of rotatable bonds is 7. The molecule has 0 aliphatic heterocycles. The van der Waals surface area contributed by atoms with Crippen molar-refractivity contribution in [2.24, 2.45) is 0 Å². The van der Waals surface area contributed by atoms with Gasteiger partial charge in [0.1, 0.15) is 16.5 Å². The second kappa shape index (κ2) is 7.43. The first kappa shape index (κ1) is 15.0. The molecule has 0 saturated carbocycles. The number of halogens is 2. The van der Waals surface area contributed by atoms with Gasteiger partial charge in [0.25, 0.3) is 0 Å². The van der Waals surface area contributed by atoms with Crippen molar-refractivity contribution in [2.75, 3.05) is 24.7 Å². The zero-order valence-corrected chi connectivity index (χ0v) is 11.1. The van der Waals surface area contributed by atoms with Crippen LogP contribution in [0.1, 0.15) is 19.8 Å². The fraction of sp³-hybridized carbons (Fsp3) is 0.500. The van der Waals surface area contributed by atoms with Gasteiger partial charge in [-0.05, 0) is 18.6 Å². The van der Waals surface area contributed by atoms with E-state index in [1.54, 1.807) is 0 Å². The van der Waals surface area contributed by atoms with E-state index >= 15 is 0 Å². The fourth-order valence-electron chi connectivity index (χ4n) is 1.38. The van der Waals surface area contributed by atoms with E-state index in [0.29, 0.717) is 6.61 Å². The van der Waals surface area contributed by atoms with Crippen LogP contribution in [-0.4, -0.2) is 23.2 Å². The van der Waals surface area contributed by atoms with Crippen LogP contribution in [0.5, 0.6) is 0 Å². The molecule has 6 heteroatoms. The molecule has 2 N–H and O–H groups in total. The number of anilines is 1. The van der Waals surface area contributed by atoms with Crippen molar-refractivity contribution in [3.8, 4) is 0 Å². The summed E-state index contributed by atoms with van der Waals surface area (Å²) < 4.78 is 43.8. The van der Waals surface area contributed by atoms with Crippen molar-refractivity contribution < 1.29 is 17.7 Å². The molecule has 0 spiro atoms. The molecule has 0 saturated heterocycles. The Hall–Kier alpha value is -1.01. The van der Waals surface area contributed by atoms with Gasteiger partial charge in [0.2, 0.25) is 0 Å². The molecule has 0 aromatic heterocycles. The van der Waals surface area contributed by atoms with E-state index in [1.165, 1.54) is 0 Å². The predicted octanol–water partition coefficient (Wildman–Crippen LogP) is 2.47. The number of unbranched alkanes of at least 4 members (excludes halogenated alkanes) is 1. The van der Waals surface area contributed by atoms with Crippen LogP contribution >= 0.6 is 0 Å². The fourth-order valence-corrected chi connectivity index (χ4v) is 2.41. The Kier molecular flexibility index (Phi) is 6.21. The molecule has 0 aliphatic rings. The predicted molar refractivity (Wildman–Crippen MR) is 67.8 cm³/mol. The average molecular weight is 277 g/mol. The molecule has 18 heavy (non-hydrogen) atoms. The Labute approximate surface area is 108 Å². The van der Waals surface area contributed by atoms with Crippen molar-refractivity contribution in [3.05, 3.63) is 23.8 Å². The van der Waals surface area contributed by atoms with Gasteiger partial charge in [-0.15, -0.1) is 0 Å². The van der Waals surface area contributed by atoms with Gasteiger partial charge in [-0.1, -0.05) is 13.3 Å². The molecule has 1 atom stereocenters. The molecule has 1 unspecified atom stereocenters. The van der Waals surface area contributed by atoms with Crippen molar-refractivity contribution in [2.45, 2.75) is 24.7 Å². The highest BCUT2D eigenvalue weighted by Gasteiger charge is 2.16. The van der Waals surface area contributed by atoms with Gasteiger partial charge in [-0.25, -0.2) is 8.78 Å². The van der Waals surface area contributed by atoms with Crippen molar-refractivity contribution >= 4 is 16.5 Å². The van der Waals surface area contributed by atoms with Gasteiger partial charge in [0.05, 0.1) is 23.2 Å². The van der Waals surface area contributed by atoms with Gasteiger partial charge >= 0.3 is 0 Å². The molecule has 0 amide bonds. The zero-order valence-electron chi connectivity index (χ0n) is 10.2. The van der Waals surface area contributed by atoms with Gasteiger partial charge in [-0.3, -0.25) is 4.21 Å². The van der Waals surface area contributed by atoms with Crippen molar-refractivity contribution in [1.82, 2.24) is 0 Å². The van der Waals surface area contributed by atoms with Crippen LogP contribution in [0.3, 0.4) is 0 Å². The summed E-state index contributed by atoms with van der Waals surface area (Å²) in [6, 6.07) is 1.93. The lowest BCUT2D eigenvalue weighted by Gasteiger charge is -2.07. The molecule has 0 aliphatic carbocycles. The van der Waals surface area contributed by atoms with E-state index in [0.717, 1.165) is 25.0 Å². The summed E-state index contributed by atoms with van der Waals surface area (Å²) in [4.78, 5) is -0.428. The van der Waals surface area contributed by atoms with Crippen LogP contribution in [0, 0.1) is 11.6 Å². The van der Waals surface area contributed by atoms with Crippen LogP contribution in [0.2, 0.25) is 0 Å². The van der Waals surface area contributed by atoms with E-state index < -0.39 is 27.3 Å². The number of benzene rings is 1. The van der Waals surface area contributed by atoms with Crippen LogP contribution < -0.4 is 5.73 Å². The summed E-state index contributed by atoms with van der Waals surface area (Å²) in [5, 5.41) is 0. The van der Waals surface area contributed by atoms with Gasteiger partial charge in [0, 0.05) is 12.3 Å². The summed E-state index contributed by atoms with van der Waals surface area (Å²) >= 11 is 0. The number of hydrogen-bond acceptors (Lipinski definition) is 3. The summed E-state index contributed by atoms with van der Waals surface area (Å²) in [7, 11) is -1.75. The highest BCUT2D eigenvalue weighted by atomic mass is 32.2. The maximum absolute atomic E-state index is 13.4. The van der Waals surface area contributed by atoms with Gasteiger partial charge < -0.3 is 10.5 Å². The highest BCUT2D eigenvalue weighted by Crippen LogP contribution is 2.20. The summed E-state index contributed by atoms with van der Waals surface area (Å²) in [6.07, 6.45) is 1.92. The molecular weight excluding hydrogens is 260 g/mol. The maximum Gasteiger partial charge on any atom is 0.144 e. The van der Waals surface area contributed by atoms with E-state index in [2.05, 4.69) is 0 Å². The minimum Gasteiger partial charge on any atom is -0.399 e. The Balaban J connectivity index is 2.57. The lowest BCUT2D eigenvalue weighted by Crippen LogP contribution is -2.10. The SMILES string of the molecule is CCCCOCCS(=O)c1c(F)cc(N)cc1F. The van der Waals surface area contributed by atoms with Crippen LogP contribution in [0.4, 0.5) is 14.5 Å². The first-order valence-electron chi connectivity index (χ1n) is 5.77. The van der Waals surface area contributed by atoms with E-state index in [4.69, 9.17) is 10.5 Å². The minimum atomic E-state index is -1.75. The third-order valence-electron chi connectivity index (χ3n) is 2.30. The van der Waals surface area contributed by atoms with E-state index in [9.17, 15) is 13.0 Å². The third kappa shape index (κ3) is 4.34. The molecule has 0 fully saturated rings. The van der Waals surface area contributed by atoms with Crippen LogP contribution in [-0.2, 0) is 15.5 Å². The van der Waals surface area contributed by atoms with Gasteiger partial charge in [-0.2, -0.15) is 0 Å². The highest BCUT2D eigenvalue weighted by molar-refractivity contribution is 7.85. The number of ether oxygens (including phenoxy) is 1. The molecule has 1 aromatic rings. The number of nitrogens with two attached hydrogens (primary N) is 1. The Morgan fingerprint density at radius 3 is 2.44 bits per heavy atom. The summed E-state index contributed by atoms with van der Waals surface area (Å²) in [5.41, 5.74) is 5.26. The summed E-state index contributed by atoms with van der Waals surface area (Å²) in [5.74, 6) is -1.68. The normalized spacial score (nSPS) is 12.6. The molecule has 0 heterocycles. The molecule has 0 bridgehead atoms. The Bertz CT molecular complexity index is 404. The average Bonchev–Trinajstić information content (AvgIpc) is 2.27. The Morgan fingerprint density at radius 2 is 1.89 bits per heavy atom. The monoisotopic (exact) mass is 277 g/mol. The maximum atomic E-state index is 13.4. The van der Waals surface area contributed by atoms with E-state index in [-0.39, 0.29) is 18.0 Å². The molecule has 102 valence electrons. The topological polar surface area (TPSA) is 52.3 Å². The van der Waals surface area contributed by atoms with Crippen LogP contribution in [0.25, 0.3) is 0 Å². The smallest absolute Gasteiger partial charge is 0.144 e. The lowest BCUT2D eigenvalue weighted by molar-refractivity contribution is 0.146. The largest absolute Gasteiger partial charge is 0.399 e. The quantitative estimate of drug-likeness (QED) is 0.615. The second-order valence-corrected chi connectivity index (χ2v) is 5.34. The second-order valence-electron chi connectivity index (χ2n) is 3.83.